The zero-order chi connectivity index (χ0) is 19.6. The largest absolute Gasteiger partial charge is 0.403 e. The van der Waals surface area contributed by atoms with Crippen LogP contribution in [-0.4, -0.2) is 29.8 Å². The molecule has 0 aliphatic rings. The molecule has 0 atom stereocenters. The third-order valence-electron chi connectivity index (χ3n) is 3.79. The molecular weight excluding hydrogens is 390 g/mol. The Morgan fingerprint density at radius 3 is 2.56 bits per heavy atom. The van der Waals surface area contributed by atoms with Gasteiger partial charge in [-0.2, -0.15) is 0 Å². The molecule has 9 heteroatoms. The summed E-state index contributed by atoms with van der Waals surface area (Å²) < 4.78 is 30.1. The van der Waals surface area contributed by atoms with Crippen LogP contribution in [0.4, 0.5) is 6.01 Å². The molecule has 0 radical (unpaired) electrons. The Labute approximate surface area is 161 Å². The Kier molecular flexibility index (Phi) is 5.29. The fourth-order valence-corrected chi connectivity index (χ4v) is 3.60. The number of hydrogen-bond donors (Lipinski definition) is 1. The van der Waals surface area contributed by atoms with Crippen LogP contribution in [0.2, 0.25) is 5.02 Å². The molecule has 3 rings (SSSR count). The number of sulfone groups is 1. The van der Waals surface area contributed by atoms with Crippen molar-refractivity contribution in [1.29, 1.82) is 0 Å². The molecule has 1 amide bonds. The van der Waals surface area contributed by atoms with Gasteiger partial charge in [-0.25, -0.2) is 8.42 Å². The first-order valence-electron chi connectivity index (χ1n) is 8.03. The lowest BCUT2D eigenvalue weighted by molar-refractivity contribution is 0.102. The molecule has 27 heavy (non-hydrogen) atoms. The number of nitrogens with one attached hydrogen (secondary N) is 1. The maximum absolute atomic E-state index is 12.3. The van der Waals surface area contributed by atoms with Gasteiger partial charge in [-0.3, -0.25) is 10.1 Å². The summed E-state index contributed by atoms with van der Waals surface area (Å²) >= 11 is 5.99. The number of carbonyl (C=O) groups excluding carboxylic acids is 1. The summed E-state index contributed by atoms with van der Waals surface area (Å²) in [6, 6.07) is 12.6. The van der Waals surface area contributed by atoms with Crippen LogP contribution in [0.3, 0.4) is 0 Å². The van der Waals surface area contributed by atoms with E-state index in [-0.39, 0.29) is 22.4 Å². The number of amides is 1. The topological polar surface area (TPSA) is 102 Å². The second-order valence-corrected chi connectivity index (χ2v) is 8.88. The normalized spacial score (nSPS) is 11.6. The lowest BCUT2D eigenvalue weighted by Crippen LogP contribution is -2.13. The fraction of sp³-hybridized carbons (Fsp3) is 0.167. The smallest absolute Gasteiger partial charge is 0.322 e. The first-order valence-corrected chi connectivity index (χ1v) is 9.95. The molecule has 0 saturated carbocycles. The van der Waals surface area contributed by atoms with Crippen molar-refractivity contribution < 1.29 is 17.6 Å². The SMILES string of the molecule is CC(C)S(=O)(=O)c1cccc(-c2nnc(NC(=O)c3ccccc3Cl)o2)c1. The first kappa shape index (κ1) is 19.1. The van der Waals surface area contributed by atoms with Crippen molar-refractivity contribution in [2.75, 3.05) is 5.32 Å². The van der Waals surface area contributed by atoms with Crippen LogP contribution in [0.1, 0.15) is 24.2 Å². The van der Waals surface area contributed by atoms with Gasteiger partial charge >= 0.3 is 6.01 Å². The fourth-order valence-electron chi connectivity index (χ4n) is 2.28. The molecule has 1 N–H and O–H groups in total. The Bertz CT molecular complexity index is 1090. The molecule has 140 valence electrons. The van der Waals surface area contributed by atoms with Crippen LogP contribution in [0.15, 0.2) is 57.8 Å². The minimum absolute atomic E-state index is 0.0882. The van der Waals surface area contributed by atoms with Crippen LogP contribution in [0, 0.1) is 0 Å². The Hall–Kier alpha value is -2.71. The first-order chi connectivity index (χ1) is 12.8. The van der Waals surface area contributed by atoms with Gasteiger partial charge < -0.3 is 4.42 Å². The van der Waals surface area contributed by atoms with E-state index in [1.165, 1.54) is 12.1 Å². The van der Waals surface area contributed by atoms with Crippen LogP contribution >= 0.6 is 11.6 Å². The van der Waals surface area contributed by atoms with Crippen molar-refractivity contribution in [3.8, 4) is 11.5 Å². The Morgan fingerprint density at radius 1 is 1.11 bits per heavy atom. The van der Waals surface area contributed by atoms with E-state index in [1.54, 1.807) is 50.2 Å². The summed E-state index contributed by atoms with van der Waals surface area (Å²) in [6.07, 6.45) is 0. The number of carbonyl (C=O) groups is 1. The average Bonchev–Trinajstić information content (AvgIpc) is 3.10. The van der Waals surface area contributed by atoms with E-state index in [0.717, 1.165) is 0 Å². The standard InChI is InChI=1S/C18H16ClN3O4S/c1-11(2)27(24,25)13-7-5-6-12(10-13)17-21-22-18(26-17)20-16(23)14-8-3-4-9-15(14)19/h3-11H,1-2H3,(H,20,22,23). The van der Waals surface area contributed by atoms with Crippen molar-refractivity contribution in [2.24, 2.45) is 0 Å². The highest BCUT2D eigenvalue weighted by Gasteiger charge is 2.21. The van der Waals surface area contributed by atoms with Gasteiger partial charge in [0.1, 0.15) is 0 Å². The summed E-state index contributed by atoms with van der Waals surface area (Å²) in [5.41, 5.74) is 0.700. The lowest BCUT2D eigenvalue weighted by Gasteiger charge is -2.08. The van der Waals surface area contributed by atoms with E-state index in [1.807, 2.05) is 0 Å². The molecule has 0 saturated heterocycles. The van der Waals surface area contributed by atoms with Gasteiger partial charge in [0.05, 0.1) is 20.7 Å². The molecule has 7 nitrogen and oxygen atoms in total. The van der Waals surface area contributed by atoms with E-state index in [9.17, 15) is 13.2 Å². The number of benzene rings is 2. The van der Waals surface area contributed by atoms with Crippen molar-refractivity contribution in [2.45, 2.75) is 24.0 Å². The van der Waals surface area contributed by atoms with Crippen molar-refractivity contribution in [3.05, 3.63) is 59.1 Å². The van der Waals surface area contributed by atoms with E-state index in [4.69, 9.17) is 16.0 Å². The predicted molar refractivity (Wildman–Crippen MR) is 101 cm³/mol. The second-order valence-electron chi connectivity index (χ2n) is 5.97. The Morgan fingerprint density at radius 2 is 1.85 bits per heavy atom. The van der Waals surface area contributed by atoms with Gasteiger partial charge in [-0.05, 0) is 44.2 Å². The zero-order valence-electron chi connectivity index (χ0n) is 14.5. The van der Waals surface area contributed by atoms with Gasteiger partial charge in [0.15, 0.2) is 9.84 Å². The van der Waals surface area contributed by atoms with E-state index in [0.29, 0.717) is 10.6 Å². The molecule has 0 unspecified atom stereocenters. The maximum atomic E-state index is 12.3. The number of anilines is 1. The van der Waals surface area contributed by atoms with Crippen LogP contribution in [0.25, 0.3) is 11.5 Å². The van der Waals surface area contributed by atoms with Crippen LogP contribution < -0.4 is 5.32 Å². The van der Waals surface area contributed by atoms with Crippen molar-refractivity contribution in [1.82, 2.24) is 10.2 Å². The van der Waals surface area contributed by atoms with Gasteiger partial charge in [-0.15, -0.1) is 5.10 Å². The van der Waals surface area contributed by atoms with Gasteiger partial charge in [0.25, 0.3) is 5.91 Å². The molecule has 3 aromatic rings. The average molecular weight is 406 g/mol. The van der Waals surface area contributed by atoms with Crippen LogP contribution in [0.5, 0.6) is 0 Å². The monoisotopic (exact) mass is 405 g/mol. The highest BCUT2D eigenvalue weighted by atomic mass is 35.5. The van der Waals surface area contributed by atoms with Gasteiger partial charge in [0.2, 0.25) is 5.89 Å². The summed E-state index contributed by atoms with van der Waals surface area (Å²) in [5.74, 6) is -0.405. The molecule has 0 fully saturated rings. The number of hydrogen-bond acceptors (Lipinski definition) is 6. The summed E-state index contributed by atoms with van der Waals surface area (Å²) in [5, 5.41) is 9.85. The molecule has 0 spiro atoms. The quantitative estimate of drug-likeness (QED) is 0.692. The maximum Gasteiger partial charge on any atom is 0.322 e. The number of aromatic nitrogens is 2. The van der Waals surface area contributed by atoms with E-state index < -0.39 is 21.0 Å². The van der Waals surface area contributed by atoms with Gasteiger partial charge in [-0.1, -0.05) is 34.9 Å². The molecule has 1 heterocycles. The highest BCUT2D eigenvalue weighted by Crippen LogP contribution is 2.25. The molecule has 2 aromatic carbocycles. The van der Waals surface area contributed by atoms with Crippen molar-refractivity contribution in [3.63, 3.8) is 0 Å². The second kappa shape index (κ2) is 7.50. The van der Waals surface area contributed by atoms with E-state index >= 15 is 0 Å². The summed E-state index contributed by atoms with van der Waals surface area (Å²) in [4.78, 5) is 12.4. The summed E-state index contributed by atoms with van der Waals surface area (Å²) in [6.45, 7) is 3.22. The number of rotatable bonds is 5. The zero-order valence-corrected chi connectivity index (χ0v) is 16.1. The minimum Gasteiger partial charge on any atom is -0.403 e. The third kappa shape index (κ3) is 4.01. The Balaban J connectivity index is 1.84. The summed E-state index contributed by atoms with van der Waals surface area (Å²) in [7, 11) is -3.43. The molecular formula is C18H16ClN3O4S. The van der Waals surface area contributed by atoms with Crippen molar-refractivity contribution >= 4 is 33.4 Å². The van der Waals surface area contributed by atoms with E-state index in [2.05, 4.69) is 15.5 Å². The molecule has 0 bridgehead atoms. The minimum atomic E-state index is -3.43. The third-order valence-corrected chi connectivity index (χ3v) is 6.28. The highest BCUT2D eigenvalue weighted by molar-refractivity contribution is 7.92. The number of halogens is 1. The molecule has 0 aliphatic carbocycles. The molecule has 1 aromatic heterocycles. The van der Waals surface area contributed by atoms with Gasteiger partial charge in [0, 0.05) is 5.56 Å². The number of nitrogens with zero attached hydrogens (tertiary/aromatic N) is 2. The predicted octanol–water partition coefficient (Wildman–Crippen LogP) is 3.82. The van der Waals surface area contributed by atoms with Crippen LogP contribution in [-0.2, 0) is 9.84 Å². The molecule has 0 aliphatic heterocycles. The lowest BCUT2D eigenvalue weighted by atomic mass is 10.2.